The summed E-state index contributed by atoms with van der Waals surface area (Å²) in [6.45, 7) is 7.21. The van der Waals surface area contributed by atoms with E-state index in [2.05, 4.69) is 41.4 Å². The van der Waals surface area contributed by atoms with Gasteiger partial charge in [0.25, 0.3) is 5.91 Å². The van der Waals surface area contributed by atoms with Gasteiger partial charge in [0.1, 0.15) is 0 Å². The maximum atomic E-state index is 12.5. The van der Waals surface area contributed by atoms with Gasteiger partial charge in [0, 0.05) is 31.5 Å². The number of hydrogen-bond acceptors (Lipinski definition) is 4. The third kappa shape index (κ3) is 4.17. The summed E-state index contributed by atoms with van der Waals surface area (Å²) >= 11 is 0. The maximum absolute atomic E-state index is 12.5. The molecule has 5 nitrogen and oxygen atoms in total. The van der Waals surface area contributed by atoms with Gasteiger partial charge < -0.3 is 15.5 Å². The molecule has 116 valence electrons. The van der Waals surface area contributed by atoms with Crippen LogP contribution in [0.4, 0.5) is 5.69 Å². The van der Waals surface area contributed by atoms with Crippen molar-refractivity contribution < 1.29 is 4.79 Å². The number of piperidine rings is 1. The first kappa shape index (κ1) is 15.8. The lowest BCUT2D eigenvalue weighted by molar-refractivity contribution is 0.0884. The Morgan fingerprint density at radius 3 is 3.05 bits per heavy atom. The minimum absolute atomic E-state index is 0.0249. The fraction of sp³-hybridized carbons (Fsp3) is 0.625. The van der Waals surface area contributed by atoms with Crippen molar-refractivity contribution in [3.63, 3.8) is 0 Å². The lowest BCUT2D eigenvalue weighted by atomic mass is 9.94. The average Bonchev–Trinajstić information content (AvgIpc) is 2.48. The molecule has 1 fully saturated rings. The first-order valence-electron chi connectivity index (χ1n) is 7.79. The molecule has 0 aromatic carbocycles. The number of aromatic nitrogens is 1. The molecule has 1 aliphatic rings. The van der Waals surface area contributed by atoms with Crippen LogP contribution in [0.2, 0.25) is 0 Å². The Morgan fingerprint density at radius 1 is 1.52 bits per heavy atom. The summed E-state index contributed by atoms with van der Waals surface area (Å²) in [6.07, 6.45) is 5.39. The van der Waals surface area contributed by atoms with Gasteiger partial charge in [-0.2, -0.15) is 0 Å². The van der Waals surface area contributed by atoms with Crippen molar-refractivity contribution in [1.29, 1.82) is 0 Å². The van der Waals surface area contributed by atoms with E-state index in [4.69, 9.17) is 0 Å². The van der Waals surface area contributed by atoms with Crippen molar-refractivity contribution >= 4 is 11.6 Å². The summed E-state index contributed by atoms with van der Waals surface area (Å²) in [5, 5.41) is 6.47. The predicted molar refractivity (Wildman–Crippen MR) is 85.5 cm³/mol. The Morgan fingerprint density at radius 2 is 2.33 bits per heavy atom. The minimum atomic E-state index is -0.0249. The number of amides is 1. The third-order valence-electron chi connectivity index (χ3n) is 4.06. The molecule has 1 amide bonds. The topological polar surface area (TPSA) is 57.3 Å². The minimum Gasteiger partial charge on any atom is -0.384 e. The zero-order chi connectivity index (χ0) is 15.2. The van der Waals surface area contributed by atoms with E-state index in [1.807, 2.05) is 6.07 Å². The molecule has 0 radical (unpaired) electrons. The van der Waals surface area contributed by atoms with Crippen LogP contribution in [0.15, 0.2) is 18.5 Å². The molecule has 0 spiro atoms. The highest BCUT2D eigenvalue weighted by Crippen LogP contribution is 2.18. The van der Waals surface area contributed by atoms with Crippen molar-refractivity contribution in [3.05, 3.63) is 24.0 Å². The van der Waals surface area contributed by atoms with Crippen LogP contribution in [0.5, 0.6) is 0 Å². The summed E-state index contributed by atoms with van der Waals surface area (Å²) in [5.74, 6) is 0.444. The second-order valence-electron chi connectivity index (χ2n) is 5.96. The van der Waals surface area contributed by atoms with Gasteiger partial charge in [-0.3, -0.25) is 9.78 Å². The highest BCUT2D eigenvalue weighted by Gasteiger charge is 2.26. The van der Waals surface area contributed by atoms with E-state index in [9.17, 15) is 4.79 Å². The fourth-order valence-corrected chi connectivity index (χ4v) is 2.80. The Kier molecular flexibility index (Phi) is 5.56. The Labute approximate surface area is 127 Å². The molecule has 21 heavy (non-hydrogen) atoms. The molecule has 0 saturated carbocycles. The molecule has 1 aromatic heterocycles. The molecule has 0 bridgehead atoms. The number of pyridine rings is 1. The van der Waals surface area contributed by atoms with Crippen molar-refractivity contribution in [2.45, 2.75) is 32.7 Å². The molecule has 1 aromatic rings. The van der Waals surface area contributed by atoms with Crippen LogP contribution in [0.1, 0.15) is 37.0 Å². The summed E-state index contributed by atoms with van der Waals surface area (Å²) < 4.78 is 0. The average molecular weight is 290 g/mol. The maximum Gasteiger partial charge on any atom is 0.255 e. The molecule has 2 atom stereocenters. The van der Waals surface area contributed by atoms with Gasteiger partial charge in [-0.1, -0.05) is 13.8 Å². The van der Waals surface area contributed by atoms with Crippen LogP contribution in [-0.2, 0) is 0 Å². The van der Waals surface area contributed by atoms with Crippen molar-refractivity contribution in [2.24, 2.45) is 5.92 Å². The van der Waals surface area contributed by atoms with Crippen LogP contribution in [0.25, 0.3) is 0 Å². The first-order chi connectivity index (χ1) is 10.1. The van der Waals surface area contributed by atoms with Crippen LogP contribution in [0, 0.1) is 5.92 Å². The summed E-state index contributed by atoms with van der Waals surface area (Å²) in [7, 11) is 2.13. The van der Waals surface area contributed by atoms with Crippen molar-refractivity contribution in [2.75, 3.05) is 32.0 Å². The van der Waals surface area contributed by atoms with Gasteiger partial charge in [0.2, 0.25) is 0 Å². The second kappa shape index (κ2) is 7.41. The Balaban J connectivity index is 2.03. The number of hydrogen-bond donors (Lipinski definition) is 2. The van der Waals surface area contributed by atoms with E-state index >= 15 is 0 Å². The quantitative estimate of drug-likeness (QED) is 0.870. The van der Waals surface area contributed by atoms with Gasteiger partial charge in [0.05, 0.1) is 11.3 Å². The number of nitrogens with one attached hydrogen (secondary N) is 2. The Bertz CT molecular complexity index is 477. The SMILES string of the molecule is CCCNc1ccncc1C(=O)NC1CCN(C)CC1C. The number of rotatable bonds is 5. The van der Waals surface area contributed by atoms with Gasteiger partial charge in [-0.05, 0) is 38.4 Å². The lowest BCUT2D eigenvalue weighted by Crippen LogP contribution is -2.49. The molecular formula is C16H26N4O. The second-order valence-corrected chi connectivity index (χ2v) is 5.96. The van der Waals surface area contributed by atoms with Gasteiger partial charge in [-0.25, -0.2) is 0 Å². The van der Waals surface area contributed by atoms with Crippen LogP contribution in [0.3, 0.4) is 0 Å². The number of likely N-dealkylation sites (tertiary alicyclic amines) is 1. The molecule has 2 N–H and O–H groups in total. The number of carbonyl (C=O) groups excluding carboxylic acids is 1. The third-order valence-corrected chi connectivity index (χ3v) is 4.06. The number of carbonyl (C=O) groups is 1. The largest absolute Gasteiger partial charge is 0.384 e. The first-order valence-corrected chi connectivity index (χ1v) is 7.79. The van der Waals surface area contributed by atoms with E-state index < -0.39 is 0 Å². The normalized spacial score (nSPS) is 22.8. The zero-order valence-electron chi connectivity index (χ0n) is 13.2. The summed E-state index contributed by atoms with van der Waals surface area (Å²) in [5.41, 5.74) is 1.50. The number of nitrogens with zero attached hydrogens (tertiary/aromatic N) is 2. The molecule has 2 rings (SSSR count). The van der Waals surface area contributed by atoms with E-state index in [1.165, 1.54) is 0 Å². The molecule has 0 aliphatic carbocycles. The fourth-order valence-electron chi connectivity index (χ4n) is 2.80. The van der Waals surface area contributed by atoms with E-state index in [-0.39, 0.29) is 11.9 Å². The van der Waals surface area contributed by atoms with E-state index in [0.29, 0.717) is 11.5 Å². The standard InChI is InChI=1S/C16H26N4O/c1-4-7-18-15-5-8-17-10-13(15)16(21)19-14-6-9-20(3)11-12(14)2/h5,8,10,12,14H,4,6-7,9,11H2,1-3H3,(H,17,18)(H,19,21). The van der Waals surface area contributed by atoms with Crippen LogP contribution in [-0.4, -0.2) is 48.5 Å². The van der Waals surface area contributed by atoms with Gasteiger partial charge in [-0.15, -0.1) is 0 Å². The smallest absolute Gasteiger partial charge is 0.255 e. The molecular weight excluding hydrogens is 264 g/mol. The van der Waals surface area contributed by atoms with Gasteiger partial charge in [0.15, 0.2) is 0 Å². The number of anilines is 1. The van der Waals surface area contributed by atoms with Crippen LogP contribution >= 0.6 is 0 Å². The molecule has 1 saturated heterocycles. The lowest BCUT2D eigenvalue weighted by Gasteiger charge is -2.35. The highest BCUT2D eigenvalue weighted by molar-refractivity contribution is 5.99. The predicted octanol–water partition coefficient (Wildman–Crippen LogP) is 1.97. The van der Waals surface area contributed by atoms with Crippen LogP contribution < -0.4 is 10.6 Å². The summed E-state index contributed by atoms with van der Waals surface area (Å²) in [6, 6.07) is 2.11. The van der Waals surface area contributed by atoms with Crippen molar-refractivity contribution in [1.82, 2.24) is 15.2 Å². The Hall–Kier alpha value is -1.62. The van der Waals surface area contributed by atoms with E-state index in [1.54, 1.807) is 12.4 Å². The highest BCUT2D eigenvalue weighted by atomic mass is 16.1. The van der Waals surface area contributed by atoms with E-state index in [0.717, 1.165) is 38.2 Å². The molecule has 2 heterocycles. The van der Waals surface area contributed by atoms with Gasteiger partial charge >= 0.3 is 0 Å². The van der Waals surface area contributed by atoms with Crippen molar-refractivity contribution in [3.8, 4) is 0 Å². The molecule has 2 unspecified atom stereocenters. The summed E-state index contributed by atoms with van der Waals surface area (Å²) in [4.78, 5) is 18.9. The molecule has 1 aliphatic heterocycles. The monoisotopic (exact) mass is 290 g/mol. The zero-order valence-corrected chi connectivity index (χ0v) is 13.2. The molecule has 5 heteroatoms.